The van der Waals surface area contributed by atoms with Gasteiger partial charge in [-0.1, -0.05) is 19.0 Å². The highest BCUT2D eigenvalue weighted by Crippen LogP contribution is 2.23. The van der Waals surface area contributed by atoms with Crippen LogP contribution in [0.2, 0.25) is 12.6 Å². The van der Waals surface area contributed by atoms with Gasteiger partial charge in [0.25, 0.3) is 0 Å². The molecule has 1 aromatic carbocycles. The molecule has 0 unspecified atom stereocenters. The summed E-state index contributed by atoms with van der Waals surface area (Å²) in [7, 11) is 3.59. The van der Waals surface area contributed by atoms with E-state index < -0.39 is 0 Å². The molecule has 1 aromatic rings. The predicted molar refractivity (Wildman–Crippen MR) is 67.1 cm³/mol. The molecule has 2 nitrogen and oxygen atoms in total. The maximum absolute atomic E-state index is 5.23. The fourth-order valence-corrected chi connectivity index (χ4v) is 2.34. The van der Waals surface area contributed by atoms with E-state index in [4.69, 9.17) is 9.47 Å². The second kappa shape index (κ2) is 6.51. The van der Waals surface area contributed by atoms with Gasteiger partial charge in [0.05, 0.1) is 14.2 Å². The zero-order valence-electron chi connectivity index (χ0n) is 9.88. The largest absolute Gasteiger partial charge is 0.497 e. The first-order valence-corrected chi connectivity index (χ1v) is 7.93. The summed E-state index contributed by atoms with van der Waals surface area (Å²) in [5.41, 5.74) is 1.31. The molecule has 0 N–H and O–H groups in total. The standard InChI is InChI=1S/C12H20O2Si/c1-13-11-7-10(5-4-6-15-3)8-12(9-11)14-2/h7-9H,4-6,15H2,1-3H3. The van der Waals surface area contributed by atoms with Crippen molar-refractivity contribution < 1.29 is 9.47 Å². The van der Waals surface area contributed by atoms with Crippen LogP contribution in [0.25, 0.3) is 0 Å². The van der Waals surface area contributed by atoms with Crippen LogP contribution in [0.1, 0.15) is 12.0 Å². The van der Waals surface area contributed by atoms with Crippen molar-refractivity contribution in [1.82, 2.24) is 0 Å². The summed E-state index contributed by atoms with van der Waals surface area (Å²) in [5, 5.41) is 0. The van der Waals surface area contributed by atoms with Gasteiger partial charge in [0, 0.05) is 15.6 Å². The molecule has 0 spiro atoms. The minimum atomic E-state index is 0.206. The van der Waals surface area contributed by atoms with Gasteiger partial charge in [-0.15, -0.1) is 0 Å². The van der Waals surface area contributed by atoms with Crippen LogP contribution in [-0.4, -0.2) is 23.7 Å². The number of ether oxygens (including phenoxy) is 2. The predicted octanol–water partition coefficient (Wildman–Crippen LogP) is 2.27. The van der Waals surface area contributed by atoms with E-state index in [-0.39, 0.29) is 9.52 Å². The highest BCUT2D eigenvalue weighted by atomic mass is 28.2. The van der Waals surface area contributed by atoms with Gasteiger partial charge in [-0.25, -0.2) is 0 Å². The highest BCUT2D eigenvalue weighted by Gasteiger charge is 2.01. The summed E-state index contributed by atoms with van der Waals surface area (Å²) in [6, 6.07) is 7.52. The zero-order valence-corrected chi connectivity index (χ0v) is 11.3. The summed E-state index contributed by atoms with van der Waals surface area (Å²) in [4.78, 5) is 0. The first kappa shape index (κ1) is 12.1. The molecule has 84 valence electrons. The van der Waals surface area contributed by atoms with Gasteiger partial charge in [-0.2, -0.15) is 0 Å². The number of benzene rings is 1. The van der Waals surface area contributed by atoms with Gasteiger partial charge in [0.1, 0.15) is 11.5 Å². The Balaban J connectivity index is 2.68. The average molecular weight is 224 g/mol. The van der Waals surface area contributed by atoms with Gasteiger partial charge in [-0.3, -0.25) is 0 Å². The maximum atomic E-state index is 5.23. The molecule has 0 fully saturated rings. The molecule has 0 aliphatic rings. The Kier molecular flexibility index (Phi) is 5.25. The lowest BCUT2D eigenvalue weighted by atomic mass is 10.1. The lowest BCUT2D eigenvalue weighted by molar-refractivity contribution is 0.393. The van der Waals surface area contributed by atoms with E-state index >= 15 is 0 Å². The summed E-state index contributed by atoms with van der Waals surface area (Å²) in [6.45, 7) is 2.35. The SMILES string of the molecule is COc1cc(CCC[SiH2]C)cc(OC)c1. The number of hydrogen-bond donors (Lipinski definition) is 0. The van der Waals surface area contributed by atoms with Crippen molar-refractivity contribution in [2.45, 2.75) is 25.4 Å². The molecule has 0 bridgehead atoms. The third-order valence-electron chi connectivity index (χ3n) is 2.48. The smallest absolute Gasteiger partial charge is 0.122 e. The Hall–Kier alpha value is -0.963. The fraction of sp³-hybridized carbons (Fsp3) is 0.500. The topological polar surface area (TPSA) is 18.5 Å². The molecule has 3 heteroatoms. The Morgan fingerprint density at radius 1 is 1.07 bits per heavy atom. The first-order valence-electron chi connectivity index (χ1n) is 5.52. The average Bonchev–Trinajstić information content (AvgIpc) is 2.29. The fourth-order valence-electron chi connectivity index (χ4n) is 1.59. The van der Waals surface area contributed by atoms with Gasteiger partial charge in [0.2, 0.25) is 0 Å². The number of rotatable bonds is 6. The normalized spacial score (nSPS) is 10.9. The highest BCUT2D eigenvalue weighted by molar-refractivity contribution is 6.33. The van der Waals surface area contributed by atoms with Crippen molar-refractivity contribution in [2.24, 2.45) is 0 Å². The van der Waals surface area contributed by atoms with Gasteiger partial charge in [-0.05, 0) is 24.1 Å². The molecule has 0 aliphatic carbocycles. The third kappa shape index (κ3) is 3.96. The van der Waals surface area contributed by atoms with Gasteiger partial charge >= 0.3 is 0 Å². The zero-order chi connectivity index (χ0) is 11.1. The van der Waals surface area contributed by atoms with Gasteiger partial charge < -0.3 is 9.47 Å². The van der Waals surface area contributed by atoms with Crippen molar-refractivity contribution in [3.63, 3.8) is 0 Å². The molecule has 15 heavy (non-hydrogen) atoms. The Morgan fingerprint density at radius 3 is 2.13 bits per heavy atom. The van der Waals surface area contributed by atoms with Crippen LogP contribution in [0.4, 0.5) is 0 Å². The summed E-state index contributed by atoms with van der Waals surface area (Å²) < 4.78 is 10.5. The molecular formula is C12H20O2Si. The number of aryl methyl sites for hydroxylation is 1. The van der Waals surface area contributed by atoms with E-state index in [2.05, 4.69) is 18.7 Å². The van der Waals surface area contributed by atoms with Gasteiger partial charge in [0.15, 0.2) is 0 Å². The van der Waals surface area contributed by atoms with Crippen LogP contribution >= 0.6 is 0 Å². The van der Waals surface area contributed by atoms with Crippen molar-refractivity contribution in [3.8, 4) is 11.5 Å². The van der Waals surface area contributed by atoms with Crippen LogP contribution in [0.3, 0.4) is 0 Å². The third-order valence-corrected chi connectivity index (χ3v) is 3.69. The molecule has 0 atom stereocenters. The minimum absolute atomic E-state index is 0.206. The summed E-state index contributed by atoms with van der Waals surface area (Å²) in [5.74, 6) is 1.77. The lowest BCUT2D eigenvalue weighted by Crippen LogP contribution is -1.92. The number of hydrogen-bond acceptors (Lipinski definition) is 2. The van der Waals surface area contributed by atoms with E-state index in [1.807, 2.05) is 6.07 Å². The van der Waals surface area contributed by atoms with E-state index in [0.29, 0.717) is 0 Å². The molecule has 0 amide bonds. The molecule has 0 saturated heterocycles. The summed E-state index contributed by atoms with van der Waals surface area (Å²) in [6.07, 6.45) is 2.42. The van der Waals surface area contributed by atoms with Crippen molar-refractivity contribution in [1.29, 1.82) is 0 Å². The van der Waals surface area contributed by atoms with Crippen molar-refractivity contribution in [3.05, 3.63) is 23.8 Å². The first-order chi connectivity index (χ1) is 7.30. The van der Waals surface area contributed by atoms with E-state index in [9.17, 15) is 0 Å². The Morgan fingerprint density at radius 2 is 1.67 bits per heavy atom. The summed E-state index contributed by atoms with van der Waals surface area (Å²) >= 11 is 0. The van der Waals surface area contributed by atoms with Crippen molar-refractivity contribution in [2.75, 3.05) is 14.2 Å². The molecule has 0 heterocycles. The molecule has 0 aliphatic heterocycles. The maximum Gasteiger partial charge on any atom is 0.122 e. The quantitative estimate of drug-likeness (QED) is 0.545. The Labute approximate surface area is 94.4 Å². The second-order valence-electron chi connectivity index (χ2n) is 3.68. The van der Waals surface area contributed by atoms with Crippen LogP contribution < -0.4 is 9.47 Å². The minimum Gasteiger partial charge on any atom is -0.497 e. The molecule has 0 saturated carbocycles. The molecular weight excluding hydrogens is 204 g/mol. The molecule has 1 rings (SSSR count). The van der Waals surface area contributed by atoms with Crippen LogP contribution in [0.15, 0.2) is 18.2 Å². The van der Waals surface area contributed by atoms with Crippen molar-refractivity contribution >= 4 is 9.52 Å². The van der Waals surface area contributed by atoms with E-state index in [1.54, 1.807) is 14.2 Å². The monoisotopic (exact) mass is 224 g/mol. The molecule has 0 radical (unpaired) electrons. The second-order valence-corrected chi connectivity index (χ2v) is 5.39. The van der Waals surface area contributed by atoms with E-state index in [1.165, 1.54) is 18.0 Å². The number of methoxy groups -OCH3 is 2. The van der Waals surface area contributed by atoms with Crippen LogP contribution in [0, 0.1) is 0 Å². The lowest BCUT2D eigenvalue weighted by Gasteiger charge is -2.08. The van der Waals surface area contributed by atoms with Crippen LogP contribution in [0.5, 0.6) is 11.5 Å². The van der Waals surface area contributed by atoms with E-state index in [0.717, 1.165) is 17.9 Å². The van der Waals surface area contributed by atoms with Crippen LogP contribution in [-0.2, 0) is 6.42 Å². The Bertz CT molecular complexity index is 277. The molecule has 0 aromatic heterocycles.